The molecule has 0 unspecified atom stereocenters. The summed E-state index contributed by atoms with van der Waals surface area (Å²) in [5.41, 5.74) is 0. The van der Waals surface area contributed by atoms with Crippen LogP contribution < -0.4 is 0 Å². The lowest BCUT2D eigenvalue weighted by Crippen LogP contribution is -2.38. The van der Waals surface area contributed by atoms with E-state index in [1.807, 2.05) is 0 Å². The molecule has 0 radical (unpaired) electrons. The average Bonchev–Trinajstić information content (AvgIpc) is 2.81. The third-order valence-corrected chi connectivity index (χ3v) is 3.18. The number of carbonyl (C=O) groups is 1. The van der Waals surface area contributed by atoms with Crippen LogP contribution in [-0.4, -0.2) is 43.9 Å². The summed E-state index contributed by atoms with van der Waals surface area (Å²) in [6.07, 6.45) is 4.39. The van der Waals surface area contributed by atoms with Crippen molar-refractivity contribution in [1.82, 2.24) is 4.90 Å². The van der Waals surface area contributed by atoms with Gasteiger partial charge in [-0.1, -0.05) is 12.8 Å². The van der Waals surface area contributed by atoms with Gasteiger partial charge in [0, 0.05) is 13.1 Å². The van der Waals surface area contributed by atoms with Gasteiger partial charge >= 0.3 is 5.97 Å². The predicted octanol–water partition coefficient (Wildman–Crippen LogP) is 1.01. The number of hydrogen-bond acceptors (Lipinski definition) is 4. The zero-order valence-electron chi connectivity index (χ0n) is 9.11. The topological polar surface area (TPSA) is 38.8 Å². The van der Waals surface area contributed by atoms with Crippen LogP contribution in [0.5, 0.6) is 0 Å². The number of hydrogen-bond donors (Lipinski definition) is 0. The molecule has 2 fully saturated rings. The van der Waals surface area contributed by atoms with Crippen LogP contribution in [0.15, 0.2) is 0 Å². The molecule has 2 aliphatic rings. The van der Waals surface area contributed by atoms with Gasteiger partial charge in [-0.05, 0) is 12.8 Å². The van der Waals surface area contributed by atoms with E-state index >= 15 is 0 Å². The van der Waals surface area contributed by atoms with Gasteiger partial charge in [0.1, 0.15) is 6.73 Å². The van der Waals surface area contributed by atoms with Gasteiger partial charge in [-0.3, -0.25) is 9.69 Å². The van der Waals surface area contributed by atoms with E-state index in [1.54, 1.807) is 0 Å². The number of ether oxygens (including phenoxy) is 2. The fraction of sp³-hybridized carbons (Fsp3) is 0.909. The van der Waals surface area contributed by atoms with Crippen LogP contribution in [0, 0.1) is 5.92 Å². The summed E-state index contributed by atoms with van der Waals surface area (Å²) >= 11 is 0. The molecule has 0 aromatic heterocycles. The normalized spacial score (nSPS) is 24.3. The van der Waals surface area contributed by atoms with Crippen LogP contribution in [0.3, 0.4) is 0 Å². The zero-order valence-corrected chi connectivity index (χ0v) is 9.11. The summed E-state index contributed by atoms with van der Waals surface area (Å²) in [4.78, 5) is 13.7. The average molecular weight is 213 g/mol. The van der Waals surface area contributed by atoms with Gasteiger partial charge in [0.25, 0.3) is 0 Å². The first-order valence-corrected chi connectivity index (χ1v) is 5.83. The van der Waals surface area contributed by atoms with E-state index in [1.165, 1.54) is 12.8 Å². The summed E-state index contributed by atoms with van der Waals surface area (Å²) in [5.74, 6) is 0.171. The van der Waals surface area contributed by atoms with Crippen molar-refractivity contribution in [3.05, 3.63) is 0 Å². The molecule has 0 aromatic rings. The minimum absolute atomic E-state index is 0.000933. The highest BCUT2D eigenvalue weighted by atomic mass is 16.5. The Kier molecular flexibility index (Phi) is 3.97. The molecule has 1 saturated carbocycles. The predicted molar refractivity (Wildman–Crippen MR) is 55.3 cm³/mol. The third kappa shape index (κ3) is 3.18. The van der Waals surface area contributed by atoms with Gasteiger partial charge in [0.05, 0.1) is 19.1 Å². The molecule has 0 atom stereocenters. The Morgan fingerprint density at radius 2 is 1.93 bits per heavy atom. The maximum Gasteiger partial charge on any atom is 0.310 e. The first-order chi connectivity index (χ1) is 7.36. The SMILES string of the molecule is O=C(OCN1CCOCC1)C1CCCC1. The molecule has 0 amide bonds. The Labute approximate surface area is 90.5 Å². The van der Waals surface area contributed by atoms with E-state index in [-0.39, 0.29) is 11.9 Å². The smallest absolute Gasteiger partial charge is 0.310 e. The molecule has 1 aliphatic carbocycles. The molecule has 4 heteroatoms. The number of morpholine rings is 1. The second kappa shape index (κ2) is 5.47. The molecular weight excluding hydrogens is 194 g/mol. The van der Waals surface area contributed by atoms with E-state index in [2.05, 4.69) is 4.90 Å². The Balaban J connectivity index is 1.65. The summed E-state index contributed by atoms with van der Waals surface area (Å²) in [6, 6.07) is 0. The van der Waals surface area contributed by atoms with Crippen molar-refractivity contribution in [2.45, 2.75) is 25.7 Å². The van der Waals surface area contributed by atoms with E-state index < -0.39 is 0 Å². The molecule has 1 saturated heterocycles. The Hall–Kier alpha value is -0.610. The van der Waals surface area contributed by atoms with Crippen LogP contribution in [-0.2, 0) is 14.3 Å². The van der Waals surface area contributed by atoms with Crippen molar-refractivity contribution in [1.29, 1.82) is 0 Å². The van der Waals surface area contributed by atoms with Gasteiger partial charge in [0.2, 0.25) is 0 Å². The second-order valence-electron chi connectivity index (χ2n) is 4.30. The van der Waals surface area contributed by atoms with Crippen molar-refractivity contribution in [3.63, 3.8) is 0 Å². The molecule has 4 nitrogen and oxygen atoms in total. The molecular formula is C11H19NO3. The molecule has 0 aromatic carbocycles. The van der Waals surface area contributed by atoms with E-state index in [4.69, 9.17) is 9.47 Å². The molecule has 0 N–H and O–H groups in total. The van der Waals surface area contributed by atoms with E-state index in [0.29, 0.717) is 6.73 Å². The van der Waals surface area contributed by atoms with E-state index in [0.717, 1.165) is 39.1 Å². The van der Waals surface area contributed by atoms with Crippen LogP contribution in [0.2, 0.25) is 0 Å². The summed E-state index contributed by atoms with van der Waals surface area (Å²) in [6.45, 7) is 3.69. The zero-order chi connectivity index (χ0) is 10.5. The fourth-order valence-corrected chi connectivity index (χ4v) is 2.16. The van der Waals surface area contributed by atoms with Crippen LogP contribution in [0.1, 0.15) is 25.7 Å². The highest BCUT2D eigenvalue weighted by Crippen LogP contribution is 2.25. The summed E-state index contributed by atoms with van der Waals surface area (Å²) < 4.78 is 10.5. The van der Waals surface area contributed by atoms with Crippen molar-refractivity contribution >= 4 is 5.97 Å². The fourth-order valence-electron chi connectivity index (χ4n) is 2.16. The molecule has 1 aliphatic heterocycles. The number of nitrogens with zero attached hydrogens (tertiary/aromatic N) is 1. The van der Waals surface area contributed by atoms with Gasteiger partial charge < -0.3 is 9.47 Å². The molecule has 0 bridgehead atoms. The minimum Gasteiger partial charge on any atom is -0.449 e. The van der Waals surface area contributed by atoms with Gasteiger partial charge in [-0.2, -0.15) is 0 Å². The minimum atomic E-state index is -0.000933. The van der Waals surface area contributed by atoms with Gasteiger partial charge in [0.15, 0.2) is 0 Å². The van der Waals surface area contributed by atoms with Crippen molar-refractivity contribution < 1.29 is 14.3 Å². The standard InChI is InChI=1S/C11H19NO3/c13-11(10-3-1-2-4-10)15-9-12-5-7-14-8-6-12/h10H,1-9H2. The molecule has 2 rings (SSSR count). The third-order valence-electron chi connectivity index (χ3n) is 3.18. The number of esters is 1. The largest absolute Gasteiger partial charge is 0.449 e. The quantitative estimate of drug-likeness (QED) is 0.656. The van der Waals surface area contributed by atoms with Gasteiger partial charge in [-0.15, -0.1) is 0 Å². The lowest BCUT2D eigenvalue weighted by Gasteiger charge is -2.26. The molecule has 86 valence electrons. The summed E-state index contributed by atoms with van der Waals surface area (Å²) in [7, 11) is 0. The Morgan fingerprint density at radius 1 is 1.27 bits per heavy atom. The van der Waals surface area contributed by atoms with Crippen molar-refractivity contribution in [3.8, 4) is 0 Å². The summed E-state index contributed by atoms with van der Waals surface area (Å²) in [5, 5.41) is 0. The first-order valence-electron chi connectivity index (χ1n) is 5.83. The lowest BCUT2D eigenvalue weighted by atomic mass is 10.1. The number of rotatable bonds is 3. The first kappa shape index (κ1) is 10.9. The highest BCUT2D eigenvalue weighted by Gasteiger charge is 2.24. The van der Waals surface area contributed by atoms with Crippen LogP contribution in [0.4, 0.5) is 0 Å². The van der Waals surface area contributed by atoms with Gasteiger partial charge in [-0.25, -0.2) is 0 Å². The maximum absolute atomic E-state index is 11.6. The Morgan fingerprint density at radius 3 is 2.60 bits per heavy atom. The van der Waals surface area contributed by atoms with Crippen LogP contribution >= 0.6 is 0 Å². The molecule has 1 heterocycles. The highest BCUT2D eigenvalue weighted by molar-refractivity contribution is 5.72. The van der Waals surface area contributed by atoms with Crippen LogP contribution in [0.25, 0.3) is 0 Å². The lowest BCUT2D eigenvalue weighted by molar-refractivity contribution is -0.155. The molecule has 0 spiro atoms. The Bertz CT molecular complexity index is 208. The second-order valence-corrected chi connectivity index (χ2v) is 4.30. The van der Waals surface area contributed by atoms with Crippen molar-refractivity contribution in [2.75, 3.05) is 33.0 Å². The monoisotopic (exact) mass is 213 g/mol. The maximum atomic E-state index is 11.6. The number of carbonyl (C=O) groups excluding carboxylic acids is 1. The van der Waals surface area contributed by atoms with Crippen molar-refractivity contribution in [2.24, 2.45) is 5.92 Å². The molecule has 15 heavy (non-hydrogen) atoms. The van der Waals surface area contributed by atoms with E-state index in [9.17, 15) is 4.79 Å².